The smallest absolute Gasteiger partial charge is 0.261 e. The highest BCUT2D eigenvalue weighted by Gasteiger charge is 2.14. The fourth-order valence-electron chi connectivity index (χ4n) is 1.73. The topological polar surface area (TPSA) is 93.4 Å². The molecule has 0 atom stereocenters. The van der Waals surface area contributed by atoms with Crippen LogP contribution in [0.15, 0.2) is 53.4 Å². The van der Waals surface area contributed by atoms with E-state index >= 15 is 0 Å². The van der Waals surface area contributed by atoms with Gasteiger partial charge in [0.1, 0.15) is 5.75 Å². The summed E-state index contributed by atoms with van der Waals surface area (Å²) in [5.74, 6) is 0.649. The first kappa shape index (κ1) is 16.1. The number of hydrogen-bond acceptors (Lipinski definition) is 4. The van der Waals surface area contributed by atoms with Crippen molar-refractivity contribution in [3.63, 3.8) is 0 Å². The van der Waals surface area contributed by atoms with Gasteiger partial charge >= 0.3 is 0 Å². The molecule has 0 fully saturated rings. The standard InChI is InChI=1S/C14H15N3O3S2/c1-20-12-6-2-11(3-7-12)17-22(18,19)13-8-4-10(5-9-13)16-14(15)21/h2-9,17H,1H3,(H3,15,16,21). The molecule has 0 amide bonds. The minimum atomic E-state index is -3.66. The van der Waals surface area contributed by atoms with Gasteiger partial charge < -0.3 is 15.8 Å². The van der Waals surface area contributed by atoms with Crippen LogP contribution in [0.3, 0.4) is 0 Å². The molecule has 22 heavy (non-hydrogen) atoms. The number of anilines is 2. The van der Waals surface area contributed by atoms with Gasteiger partial charge in [0.2, 0.25) is 0 Å². The van der Waals surface area contributed by atoms with Crippen molar-refractivity contribution in [3.8, 4) is 5.75 Å². The highest BCUT2D eigenvalue weighted by atomic mass is 32.2. The molecular formula is C14H15N3O3S2. The van der Waals surface area contributed by atoms with Crippen LogP contribution in [-0.2, 0) is 10.0 Å². The second kappa shape index (κ2) is 6.63. The van der Waals surface area contributed by atoms with E-state index in [1.807, 2.05) is 0 Å². The summed E-state index contributed by atoms with van der Waals surface area (Å²) >= 11 is 4.72. The number of methoxy groups -OCH3 is 1. The molecule has 0 aliphatic rings. The van der Waals surface area contributed by atoms with Crippen molar-refractivity contribution < 1.29 is 13.2 Å². The van der Waals surface area contributed by atoms with Crippen molar-refractivity contribution in [3.05, 3.63) is 48.5 Å². The molecule has 0 heterocycles. The summed E-state index contributed by atoms with van der Waals surface area (Å²) in [6.45, 7) is 0. The average Bonchev–Trinajstić information content (AvgIpc) is 2.47. The molecule has 2 rings (SSSR count). The molecule has 0 spiro atoms. The van der Waals surface area contributed by atoms with E-state index in [2.05, 4.69) is 10.0 Å². The van der Waals surface area contributed by atoms with Crippen LogP contribution in [0.5, 0.6) is 5.75 Å². The quantitative estimate of drug-likeness (QED) is 0.724. The third kappa shape index (κ3) is 4.09. The largest absolute Gasteiger partial charge is 0.497 e. The van der Waals surface area contributed by atoms with Crippen molar-refractivity contribution in [2.75, 3.05) is 17.1 Å². The number of sulfonamides is 1. The van der Waals surface area contributed by atoms with Crippen LogP contribution < -0.4 is 20.5 Å². The number of ether oxygens (including phenoxy) is 1. The highest BCUT2D eigenvalue weighted by Crippen LogP contribution is 2.20. The average molecular weight is 337 g/mol. The van der Waals surface area contributed by atoms with Crippen molar-refractivity contribution in [2.45, 2.75) is 4.90 Å². The first-order valence-corrected chi connectivity index (χ1v) is 8.13. The second-order valence-corrected chi connectivity index (χ2v) is 6.47. The number of benzene rings is 2. The Morgan fingerprint density at radius 1 is 1.05 bits per heavy atom. The number of rotatable bonds is 5. The van der Waals surface area contributed by atoms with Gasteiger partial charge in [-0.2, -0.15) is 0 Å². The lowest BCUT2D eigenvalue weighted by Gasteiger charge is -2.10. The maximum absolute atomic E-state index is 12.3. The van der Waals surface area contributed by atoms with Gasteiger partial charge in [0.05, 0.1) is 12.0 Å². The fraction of sp³-hybridized carbons (Fsp3) is 0.0714. The number of thiocarbonyl (C=S) groups is 1. The summed E-state index contributed by atoms with van der Waals surface area (Å²) in [5.41, 5.74) is 6.42. The Morgan fingerprint density at radius 2 is 1.59 bits per heavy atom. The van der Waals surface area contributed by atoms with Gasteiger partial charge in [-0.05, 0) is 60.7 Å². The summed E-state index contributed by atoms with van der Waals surface area (Å²) in [6, 6.07) is 12.7. The van der Waals surface area contributed by atoms with Crippen molar-refractivity contribution in [1.82, 2.24) is 0 Å². The van der Waals surface area contributed by atoms with Gasteiger partial charge in [0.25, 0.3) is 10.0 Å². The molecule has 0 aromatic heterocycles. The molecule has 2 aromatic rings. The minimum absolute atomic E-state index is 0.118. The van der Waals surface area contributed by atoms with E-state index in [-0.39, 0.29) is 10.0 Å². The van der Waals surface area contributed by atoms with Gasteiger partial charge in [-0.25, -0.2) is 8.42 Å². The minimum Gasteiger partial charge on any atom is -0.497 e. The molecule has 0 saturated carbocycles. The van der Waals surface area contributed by atoms with E-state index in [1.54, 1.807) is 43.5 Å². The third-order valence-corrected chi connectivity index (χ3v) is 4.27. The van der Waals surface area contributed by atoms with Crippen LogP contribution in [0.25, 0.3) is 0 Å². The highest BCUT2D eigenvalue weighted by molar-refractivity contribution is 7.92. The van der Waals surface area contributed by atoms with E-state index < -0.39 is 10.0 Å². The Morgan fingerprint density at radius 3 is 2.09 bits per heavy atom. The third-order valence-electron chi connectivity index (χ3n) is 2.77. The van der Waals surface area contributed by atoms with Gasteiger partial charge in [-0.3, -0.25) is 4.72 Å². The molecule has 2 aromatic carbocycles. The molecule has 0 aliphatic carbocycles. The maximum atomic E-state index is 12.3. The SMILES string of the molecule is COc1ccc(NS(=O)(=O)c2ccc(NC(N)=S)cc2)cc1. The summed E-state index contributed by atoms with van der Waals surface area (Å²) in [4.78, 5) is 0.136. The van der Waals surface area contributed by atoms with Crippen molar-refractivity contribution in [2.24, 2.45) is 5.73 Å². The Labute approximate surface area is 134 Å². The van der Waals surface area contributed by atoms with Crippen LogP contribution in [0, 0.1) is 0 Å². The summed E-state index contributed by atoms with van der Waals surface area (Å²) in [5, 5.41) is 2.84. The zero-order chi connectivity index (χ0) is 16.2. The van der Waals surface area contributed by atoms with Crippen LogP contribution in [0.4, 0.5) is 11.4 Å². The van der Waals surface area contributed by atoms with Gasteiger partial charge in [0.15, 0.2) is 5.11 Å². The maximum Gasteiger partial charge on any atom is 0.261 e. The van der Waals surface area contributed by atoms with Crippen LogP contribution in [0.2, 0.25) is 0 Å². The van der Waals surface area contributed by atoms with Crippen LogP contribution in [-0.4, -0.2) is 20.6 Å². The van der Waals surface area contributed by atoms with E-state index in [0.29, 0.717) is 17.1 Å². The molecular weight excluding hydrogens is 322 g/mol. The van der Waals surface area contributed by atoms with Gasteiger partial charge in [-0.1, -0.05) is 0 Å². The lowest BCUT2D eigenvalue weighted by atomic mass is 10.3. The zero-order valence-electron chi connectivity index (χ0n) is 11.7. The molecule has 8 heteroatoms. The molecule has 116 valence electrons. The van der Waals surface area contributed by atoms with E-state index in [9.17, 15) is 8.42 Å². The van der Waals surface area contributed by atoms with Crippen molar-refractivity contribution in [1.29, 1.82) is 0 Å². The molecule has 0 unspecified atom stereocenters. The first-order valence-electron chi connectivity index (χ1n) is 6.24. The van der Waals surface area contributed by atoms with Crippen LogP contribution in [0.1, 0.15) is 0 Å². The first-order chi connectivity index (χ1) is 10.4. The molecule has 4 N–H and O–H groups in total. The van der Waals surface area contributed by atoms with E-state index in [0.717, 1.165) is 0 Å². The summed E-state index contributed by atoms with van der Waals surface area (Å²) < 4.78 is 32.1. The number of hydrogen-bond donors (Lipinski definition) is 3. The normalized spacial score (nSPS) is 10.8. The molecule has 0 radical (unpaired) electrons. The summed E-state index contributed by atoms with van der Waals surface area (Å²) in [6.07, 6.45) is 0. The van der Waals surface area contributed by atoms with Gasteiger partial charge in [0, 0.05) is 11.4 Å². The number of nitrogens with one attached hydrogen (secondary N) is 2. The monoisotopic (exact) mass is 337 g/mol. The van der Waals surface area contributed by atoms with E-state index in [1.165, 1.54) is 12.1 Å². The van der Waals surface area contributed by atoms with Gasteiger partial charge in [-0.15, -0.1) is 0 Å². The Kier molecular flexibility index (Phi) is 4.84. The fourth-order valence-corrected chi connectivity index (χ4v) is 2.91. The lowest BCUT2D eigenvalue weighted by molar-refractivity contribution is 0.415. The zero-order valence-corrected chi connectivity index (χ0v) is 13.4. The van der Waals surface area contributed by atoms with E-state index in [4.69, 9.17) is 22.7 Å². The molecule has 0 saturated heterocycles. The second-order valence-electron chi connectivity index (χ2n) is 4.35. The Bertz CT molecular complexity index is 757. The lowest BCUT2D eigenvalue weighted by Crippen LogP contribution is -2.19. The van der Waals surface area contributed by atoms with Crippen LogP contribution >= 0.6 is 12.2 Å². The molecule has 0 bridgehead atoms. The predicted octanol–water partition coefficient (Wildman–Crippen LogP) is 2.15. The van der Waals surface area contributed by atoms with Crippen molar-refractivity contribution >= 4 is 38.7 Å². The predicted molar refractivity (Wildman–Crippen MR) is 90.7 cm³/mol. The molecule has 0 aliphatic heterocycles. The number of nitrogens with two attached hydrogens (primary N) is 1. The Balaban J connectivity index is 2.16. The Hall–Kier alpha value is -2.32. The molecule has 6 nitrogen and oxygen atoms in total. The summed E-state index contributed by atoms with van der Waals surface area (Å²) in [7, 11) is -2.12.